The smallest absolute Gasteiger partial charge is 0.302 e. The summed E-state index contributed by atoms with van der Waals surface area (Å²) in [4.78, 5) is 28.0. The van der Waals surface area contributed by atoms with Crippen molar-refractivity contribution in [3.63, 3.8) is 0 Å². The second kappa shape index (κ2) is 21.6. The molecule has 0 aromatic heterocycles. The fourth-order valence-corrected chi connectivity index (χ4v) is 6.69. The third-order valence-electron chi connectivity index (χ3n) is 9.61. The zero-order chi connectivity index (χ0) is 33.8. The van der Waals surface area contributed by atoms with Crippen LogP contribution in [0, 0.1) is 0 Å². The van der Waals surface area contributed by atoms with E-state index in [1.165, 1.54) is 69.4 Å². The van der Waals surface area contributed by atoms with Gasteiger partial charge in [0.15, 0.2) is 8.32 Å². The molecule has 46 heavy (non-hydrogen) atoms. The van der Waals surface area contributed by atoms with Crippen molar-refractivity contribution in [2.75, 3.05) is 6.61 Å². The van der Waals surface area contributed by atoms with Crippen LogP contribution in [-0.4, -0.2) is 43.7 Å². The zero-order valence-corrected chi connectivity index (χ0v) is 31.3. The number of carbonyl (C=O) groups excluding carboxylic acids is 2. The Hall–Kier alpha value is -2.28. The predicted octanol–water partition coefficient (Wildman–Crippen LogP) is 10.7. The summed E-state index contributed by atoms with van der Waals surface area (Å²) in [6.45, 7) is 16.8. The standard InChI is InChI=1S/C40H65NO4Si/c1-8-9-10-11-12-13-14-15-16-23-28-37(43)29-30-39(45-34(2)42)38(33-44-46(6,7)40(3,4)5)41(31-35-24-19-17-20-25-35)32-36-26-21-18-22-27-36/h17-22,24-27,38-39H,8-16,23,28-33H2,1-7H3/t38-,39+/m0/s1. The van der Waals surface area contributed by atoms with Crippen molar-refractivity contribution < 1.29 is 18.8 Å². The average molecular weight is 652 g/mol. The van der Waals surface area contributed by atoms with Crippen LogP contribution in [0.1, 0.15) is 129 Å². The number of benzene rings is 2. The molecule has 0 N–H and O–H groups in total. The van der Waals surface area contributed by atoms with Crippen molar-refractivity contribution in [2.45, 2.75) is 161 Å². The van der Waals surface area contributed by atoms with E-state index in [-0.39, 0.29) is 22.8 Å². The number of ketones is 1. The molecule has 0 saturated carbocycles. The van der Waals surface area contributed by atoms with Gasteiger partial charge in [-0.3, -0.25) is 14.5 Å². The number of ether oxygens (including phenoxy) is 1. The molecule has 0 aliphatic heterocycles. The first-order valence-electron chi connectivity index (χ1n) is 18.1. The second-order valence-electron chi connectivity index (χ2n) is 14.7. The van der Waals surface area contributed by atoms with Crippen molar-refractivity contribution in [1.82, 2.24) is 4.90 Å². The molecule has 0 amide bonds. The van der Waals surface area contributed by atoms with Crippen LogP contribution in [0.3, 0.4) is 0 Å². The molecule has 2 atom stereocenters. The minimum Gasteiger partial charge on any atom is -0.461 e. The number of unbranched alkanes of at least 4 members (excludes halogenated alkanes) is 9. The molecule has 0 aliphatic carbocycles. The van der Waals surface area contributed by atoms with Gasteiger partial charge in [0.05, 0.1) is 12.6 Å². The molecular formula is C40H65NO4Si. The van der Waals surface area contributed by atoms with Crippen LogP contribution in [0.2, 0.25) is 18.1 Å². The van der Waals surface area contributed by atoms with Gasteiger partial charge in [-0.05, 0) is 42.1 Å². The Bertz CT molecular complexity index is 1060. The summed E-state index contributed by atoms with van der Waals surface area (Å²) < 4.78 is 12.9. The minimum atomic E-state index is -2.10. The van der Waals surface area contributed by atoms with Crippen LogP contribution in [0.25, 0.3) is 0 Å². The van der Waals surface area contributed by atoms with Crippen LogP contribution in [-0.2, 0) is 31.8 Å². The lowest BCUT2D eigenvalue weighted by Gasteiger charge is -2.41. The molecule has 2 aromatic carbocycles. The third kappa shape index (κ3) is 16.0. The zero-order valence-electron chi connectivity index (χ0n) is 30.3. The molecule has 0 heterocycles. The molecule has 0 fully saturated rings. The van der Waals surface area contributed by atoms with E-state index in [0.29, 0.717) is 39.0 Å². The summed E-state index contributed by atoms with van der Waals surface area (Å²) in [5.41, 5.74) is 2.38. The predicted molar refractivity (Wildman–Crippen MR) is 195 cm³/mol. The average Bonchev–Trinajstić information content (AvgIpc) is 3.01. The van der Waals surface area contributed by atoms with E-state index < -0.39 is 14.4 Å². The summed E-state index contributed by atoms with van der Waals surface area (Å²) >= 11 is 0. The summed E-state index contributed by atoms with van der Waals surface area (Å²) in [6.07, 6.45) is 13.6. The van der Waals surface area contributed by atoms with Gasteiger partial charge in [0.25, 0.3) is 0 Å². The van der Waals surface area contributed by atoms with E-state index in [1.807, 2.05) is 12.1 Å². The highest BCUT2D eigenvalue weighted by atomic mass is 28.4. The quantitative estimate of drug-likeness (QED) is 0.0642. The number of rotatable bonds is 24. The van der Waals surface area contributed by atoms with Crippen LogP contribution < -0.4 is 0 Å². The number of hydrogen-bond donors (Lipinski definition) is 0. The Morgan fingerprint density at radius 1 is 0.739 bits per heavy atom. The van der Waals surface area contributed by atoms with E-state index in [2.05, 4.69) is 94.2 Å². The van der Waals surface area contributed by atoms with Gasteiger partial charge in [0.2, 0.25) is 0 Å². The summed E-state index contributed by atoms with van der Waals surface area (Å²) in [5.74, 6) is -0.0534. The molecule has 2 rings (SSSR count). The Balaban J connectivity index is 2.16. The fraction of sp³-hybridized carbons (Fsp3) is 0.650. The summed E-state index contributed by atoms with van der Waals surface area (Å²) in [6, 6.07) is 20.7. The van der Waals surface area contributed by atoms with Crippen LogP contribution in [0.15, 0.2) is 60.7 Å². The lowest BCUT2D eigenvalue weighted by molar-refractivity contribution is -0.152. The second-order valence-corrected chi connectivity index (χ2v) is 19.5. The molecule has 5 nitrogen and oxygen atoms in total. The number of hydrogen-bond acceptors (Lipinski definition) is 5. The number of esters is 1. The van der Waals surface area contributed by atoms with E-state index >= 15 is 0 Å². The highest BCUT2D eigenvalue weighted by Gasteiger charge is 2.40. The van der Waals surface area contributed by atoms with Crippen molar-refractivity contribution in [3.8, 4) is 0 Å². The first kappa shape index (κ1) is 39.9. The first-order chi connectivity index (χ1) is 21.9. The molecule has 0 aliphatic rings. The van der Waals surface area contributed by atoms with Crippen molar-refractivity contribution in [1.29, 1.82) is 0 Å². The SMILES string of the molecule is CCCCCCCCCCCCC(=O)CC[C@@H](OC(C)=O)[C@H](CO[Si](C)(C)C(C)(C)C)N(Cc1ccccc1)Cc1ccccc1. The van der Waals surface area contributed by atoms with Crippen molar-refractivity contribution in [2.24, 2.45) is 0 Å². The van der Waals surface area contributed by atoms with Gasteiger partial charge in [0.1, 0.15) is 11.9 Å². The van der Waals surface area contributed by atoms with E-state index in [4.69, 9.17) is 9.16 Å². The van der Waals surface area contributed by atoms with Crippen molar-refractivity contribution in [3.05, 3.63) is 71.8 Å². The Labute approximate surface area is 283 Å². The van der Waals surface area contributed by atoms with Gasteiger partial charge >= 0.3 is 5.97 Å². The summed E-state index contributed by atoms with van der Waals surface area (Å²) in [5, 5.41) is 0.0448. The molecule has 0 saturated heterocycles. The summed E-state index contributed by atoms with van der Waals surface area (Å²) in [7, 11) is -2.10. The fourth-order valence-electron chi connectivity index (χ4n) is 5.67. The topological polar surface area (TPSA) is 55.8 Å². The van der Waals surface area contributed by atoms with E-state index in [1.54, 1.807) is 0 Å². The molecule has 0 radical (unpaired) electrons. The molecule has 2 aromatic rings. The largest absolute Gasteiger partial charge is 0.461 e. The number of nitrogens with zero attached hydrogens (tertiary/aromatic N) is 1. The molecule has 0 unspecified atom stereocenters. The Kier molecular flexibility index (Phi) is 18.7. The van der Waals surface area contributed by atoms with Crippen LogP contribution >= 0.6 is 0 Å². The molecule has 6 heteroatoms. The Morgan fingerprint density at radius 2 is 1.22 bits per heavy atom. The van der Waals surface area contributed by atoms with Crippen molar-refractivity contribution >= 4 is 20.1 Å². The van der Waals surface area contributed by atoms with Gasteiger partial charge in [-0.2, -0.15) is 0 Å². The molecule has 0 bridgehead atoms. The van der Waals surface area contributed by atoms with Gasteiger partial charge in [0, 0.05) is 32.9 Å². The van der Waals surface area contributed by atoms with Crippen LogP contribution in [0.4, 0.5) is 0 Å². The maximum Gasteiger partial charge on any atom is 0.302 e. The molecule has 0 spiro atoms. The monoisotopic (exact) mass is 651 g/mol. The van der Waals surface area contributed by atoms with E-state index in [9.17, 15) is 9.59 Å². The normalized spacial score (nSPS) is 13.5. The molecule has 258 valence electrons. The van der Waals surface area contributed by atoms with Gasteiger partial charge in [-0.1, -0.05) is 146 Å². The Morgan fingerprint density at radius 3 is 1.67 bits per heavy atom. The van der Waals surface area contributed by atoms with Gasteiger partial charge < -0.3 is 9.16 Å². The third-order valence-corrected chi connectivity index (χ3v) is 14.1. The lowest BCUT2D eigenvalue weighted by atomic mass is 9.99. The van der Waals surface area contributed by atoms with Gasteiger partial charge in [-0.15, -0.1) is 0 Å². The highest BCUT2D eigenvalue weighted by molar-refractivity contribution is 6.74. The number of Topliss-reactive ketones (excluding diaryl/α,β-unsaturated/α-hetero) is 1. The maximum atomic E-state index is 13.1. The maximum absolute atomic E-state index is 13.1. The van der Waals surface area contributed by atoms with E-state index in [0.717, 1.165) is 12.8 Å². The highest BCUT2D eigenvalue weighted by Crippen LogP contribution is 2.37. The molecular weight excluding hydrogens is 587 g/mol. The van der Waals surface area contributed by atoms with Gasteiger partial charge in [-0.25, -0.2) is 0 Å². The number of carbonyl (C=O) groups is 2. The van der Waals surface area contributed by atoms with Crippen LogP contribution in [0.5, 0.6) is 0 Å². The minimum absolute atomic E-state index is 0.0448. The lowest BCUT2D eigenvalue weighted by Crippen LogP contribution is -2.51. The first-order valence-corrected chi connectivity index (χ1v) is 21.0.